The Balaban J connectivity index is 1.81. The molecule has 0 aliphatic rings. The van der Waals surface area contributed by atoms with E-state index >= 15 is 0 Å². The third-order valence-corrected chi connectivity index (χ3v) is 6.41. The highest BCUT2D eigenvalue weighted by Gasteiger charge is 2.23. The second-order valence-corrected chi connectivity index (χ2v) is 8.54. The molecule has 4 aromatic rings. The average Bonchev–Trinajstić information content (AvgIpc) is 3.19. The highest BCUT2D eigenvalue weighted by Crippen LogP contribution is 2.37. The number of methoxy groups -OCH3 is 1. The molecule has 0 atom stereocenters. The number of aryl methyl sites for hydroxylation is 1. The first-order chi connectivity index (χ1) is 14.1. The highest BCUT2D eigenvalue weighted by atomic mass is 79.9. The molecule has 4 nitrogen and oxygen atoms in total. The number of hydrogen-bond acceptors (Lipinski definition) is 4. The summed E-state index contributed by atoms with van der Waals surface area (Å²) in [5.41, 5.74) is 3.56. The van der Waals surface area contributed by atoms with E-state index in [1.54, 1.807) is 12.0 Å². The molecule has 0 fully saturated rings. The Hall–Kier alpha value is -2.70. The molecule has 0 aliphatic heterocycles. The van der Waals surface area contributed by atoms with E-state index in [4.69, 9.17) is 9.72 Å². The maximum atomic E-state index is 13.4. The minimum absolute atomic E-state index is 0.0861. The first-order valence-electron chi connectivity index (χ1n) is 9.12. The molecule has 0 N–H and O–H groups in total. The number of anilines is 1. The Morgan fingerprint density at radius 1 is 1.07 bits per heavy atom. The monoisotopic (exact) mass is 466 g/mol. The number of amides is 1. The van der Waals surface area contributed by atoms with Crippen LogP contribution in [0, 0.1) is 6.92 Å². The Morgan fingerprint density at radius 2 is 1.79 bits per heavy atom. The van der Waals surface area contributed by atoms with E-state index < -0.39 is 0 Å². The molecule has 146 valence electrons. The summed E-state index contributed by atoms with van der Waals surface area (Å²) in [4.78, 5) is 20.0. The number of carbonyl (C=O) groups excluding carboxylic acids is 1. The van der Waals surface area contributed by atoms with Crippen molar-refractivity contribution in [2.24, 2.45) is 0 Å². The number of fused-ring (bicyclic) bond motifs is 1. The van der Waals surface area contributed by atoms with Crippen molar-refractivity contribution in [3.63, 3.8) is 0 Å². The van der Waals surface area contributed by atoms with Gasteiger partial charge in [-0.15, -0.1) is 0 Å². The van der Waals surface area contributed by atoms with Crippen molar-refractivity contribution in [3.8, 4) is 5.75 Å². The lowest BCUT2D eigenvalue weighted by molar-refractivity contribution is 0.0985. The van der Waals surface area contributed by atoms with Gasteiger partial charge in [-0.05, 0) is 48.4 Å². The topological polar surface area (TPSA) is 42.4 Å². The number of halogens is 1. The van der Waals surface area contributed by atoms with Crippen molar-refractivity contribution in [3.05, 3.63) is 87.9 Å². The normalized spacial score (nSPS) is 10.9. The van der Waals surface area contributed by atoms with Crippen LogP contribution in [0.3, 0.4) is 0 Å². The van der Waals surface area contributed by atoms with Gasteiger partial charge in [-0.3, -0.25) is 9.69 Å². The smallest absolute Gasteiger partial charge is 0.260 e. The molecule has 0 radical (unpaired) electrons. The number of rotatable bonds is 5. The fraction of sp³-hybridized carbons (Fsp3) is 0.130. The zero-order chi connectivity index (χ0) is 20.4. The number of ether oxygens (including phenoxy) is 1. The van der Waals surface area contributed by atoms with Crippen LogP contribution < -0.4 is 9.64 Å². The van der Waals surface area contributed by atoms with Crippen molar-refractivity contribution in [2.75, 3.05) is 12.0 Å². The van der Waals surface area contributed by atoms with Crippen LogP contribution in [-0.4, -0.2) is 18.0 Å². The van der Waals surface area contributed by atoms with E-state index in [1.165, 1.54) is 11.3 Å². The van der Waals surface area contributed by atoms with Gasteiger partial charge in [0.1, 0.15) is 11.3 Å². The summed E-state index contributed by atoms with van der Waals surface area (Å²) >= 11 is 4.94. The van der Waals surface area contributed by atoms with E-state index in [9.17, 15) is 4.79 Å². The quantitative estimate of drug-likeness (QED) is 0.350. The molecule has 1 amide bonds. The lowest BCUT2D eigenvalue weighted by Gasteiger charge is -2.20. The van der Waals surface area contributed by atoms with Gasteiger partial charge in [0.15, 0.2) is 5.13 Å². The molecule has 1 heterocycles. The number of hydrogen-bond donors (Lipinski definition) is 0. The van der Waals surface area contributed by atoms with Gasteiger partial charge in [-0.2, -0.15) is 0 Å². The Bertz CT molecular complexity index is 1160. The average molecular weight is 467 g/mol. The lowest BCUT2D eigenvalue weighted by Crippen LogP contribution is -2.30. The summed E-state index contributed by atoms with van der Waals surface area (Å²) in [6, 6.07) is 21.3. The molecule has 0 saturated heterocycles. The van der Waals surface area contributed by atoms with Crippen LogP contribution in [0.2, 0.25) is 0 Å². The minimum Gasteiger partial charge on any atom is -0.494 e. The van der Waals surface area contributed by atoms with Crippen LogP contribution in [0.15, 0.2) is 71.2 Å². The Labute approximate surface area is 181 Å². The van der Waals surface area contributed by atoms with Gasteiger partial charge >= 0.3 is 0 Å². The van der Waals surface area contributed by atoms with Gasteiger partial charge in [-0.1, -0.05) is 63.7 Å². The molecule has 3 aromatic carbocycles. The van der Waals surface area contributed by atoms with Gasteiger partial charge in [0.05, 0.1) is 18.4 Å². The van der Waals surface area contributed by atoms with Crippen LogP contribution in [0.5, 0.6) is 5.75 Å². The van der Waals surface area contributed by atoms with E-state index in [0.29, 0.717) is 23.0 Å². The van der Waals surface area contributed by atoms with Crippen molar-refractivity contribution in [2.45, 2.75) is 13.5 Å². The lowest BCUT2D eigenvalue weighted by atomic mass is 10.1. The predicted octanol–water partition coefficient (Wildman–Crippen LogP) is 6.22. The van der Waals surface area contributed by atoms with Crippen molar-refractivity contribution in [1.82, 2.24) is 4.98 Å². The molecule has 0 spiro atoms. The Morgan fingerprint density at radius 3 is 2.48 bits per heavy atom. The summed E-state index contributed by atoms with van der Waals surface area (Å²) in [7, 11) is 1.64. The molecule has 1 aromatic heterocycles. The highest BCUT2D eigenvalue weighted by molar-refractivity contribution is 9.10. The number of carbonyl (C=O) groups is 1. The van der Waals surface area contributed by atoms with Crippen LogP contribution in [0.25, 0.3) is 10.2 Å². The first-order valence-corrected chi connectivity index (χ1v) is 10.7. The fourth-order valence-corrected chi connectivity index (χ4v) is 4.43. The van der Waals surface area contributed by atoms with Crippen LogP contribution in [-0.2, 0) is 6.54 Å². The standard InChI is InChI=1S/C23H19BrN2O2S/c1-15-8-13-19(28-2)20-21(15)29-23(25-20)26(14-16-6-4-3-5-7-16)22(27)17-9-11-18(24)12-10-17/h3-13H,14H2,1-2H3. The van der Waals surface area contributed by atoms with Gasteiger partial charge in [0.2, 0.25) is 0 Å². The molecular formula is C23H19BrN2O2S. The molecule has 0 bridgehead atoms. The molecular weight excluding hydrogens is 448 g/mol. The van der Waals surface area contributed by atoms with Gasteiger partial charge in [0.25, 0.3) is 5.91 Å². The van der Waals surface area contributed by atoms with Gasteiger partial charge < -0.3 is 4.74 Å². The van der Waals surface area contributed by atoms with Crippen LogP contribution >= 0.6 is 27.3 Å². The largest absolute Gasteiger partial charge is 0.494 e. The summed E-state index contributed by atoms with van der Waals surface area (Å²) in [5.74, 6) is 0.626. The SMILES string of the molecule is COc1ccc(C)c2sc(N(Cc3ccccc3)C(=O)c3ccc(Br)cc3)nc12. The van der Waals surface area contributed by atoms with E-state index in [2.05, 4.69) is 15.9 Å². The third kappa shape index (κ3) is 4.04. The van der Waals surface area contributed by atoms with Crippen LogP contribution in [0.1, 0.15) is 21.5 Å². The van der Waals surface area contributed by atoms with Crippen molar-refractivity contribution in [1.29, 1.82) is 0 Å². The van der Waals surface area contributed by atoms with Crippen LogP contribution in [0.4, 0.5) is 5.13 Å². The Kier molecular flexibility index (Phi) is 5.65. The minimum atomic E-state index is -0.0861. The predicted molar refractivity (Wildman–Crippen MR) is 122 cm³/mol. The number of nitrogens with zero attached hydrogens (tertiary/aromatic N) is 2. The molecule has 0 aliphatic carbocycles. The zero-order valence-corrected chi connectivity index (χ0v) is 18.5. The summed E-state index contributed by atoms with van der Waals surface area (Å²) < 4.78 is 7.45. The zero-order valence-electron chi connectivity index (χ0n) is 16.1. The fourth-order valence-electron chi connectivity index (χ4n) is 3.12. The third-order valence-electron chi connectivity index (χ3n) is 4.66. The van der Waals surface area contributed by atoms with E-state index in [0.717, 1.165) is 25.8 Å². The summed E-state index contributed by atoms with van der Waals surface area (Å²) in [5, 5.41) is 0.657. The number of aromatic nitrogens is 1. The molecule has 29 heavy (non-hydrogen) atoms. The maximum absolute atomic E-state index is 13.4. The van der Waals surface area contributed by atoms with Gasteiger partial charge in [0, 0.05) is 10.0 Å². The molecule has 0 saturated carbocycles. The van der Waals surface area contributed by atoms with Crippen molar-refractivity contribution >= 4 is 48.5 Å². The number of thiazole rings is 1. The first kappa shape index (κ1) is 19.6. The maximum Gasteiger partial charge on any atom is 0.260 e. The second-order valence-electron chi connectivity index (χ2n) is 6.64. The molecule has 6 heteroatoms. The van der Waals surface area contributed by atoms with Crippen molar-refractivity contribution < 1.29 is 9.53 Å². The molecule has 0 unspecified atom stereocenters. The summed E-state index contributed by atoms with van der Waals surface area (Å²) in [6.45, 7) is 2.48. The van der Waals surface area contributed by atoms with E-state index in [-0.39, 0.29) is 5.91 Å². The van der Waals surface area contributed by atoms with Gasteiger partial charge in [-0.25, -0.2) is 4.98 Å². The van der Waals surface area contributed by atoms with E-state index in [1.807, 2.05) is 73.7 Å². The summed E-state index contributed by atoms with van der Waals surface area (Å²) in [6.07, 6.45) is 0. The molecule has 4 rings (SSSR count). The second kappa shape index (κ2) is 8.35. The number of benzene rings is 3.